The van der Waals surface area contributed by atoms with Crippen LogP contribution in [0.15, 0.2) is 0 Å². The molecule has 2 N–H and O–H groups in total. The molecule has 0 bridgehead atoms. The summed E-state index contributed by atoms with van der Waals surface area (Å²) in [6, 6.07) is 0.513. The van der Waals surface area contributed by atoms with E-state index in [4.69, 9.17) is 5.11 Å². The predicted octanol–water partition coefficient (Wildman–Crippen LogP) is 0.535. The molecule has 2 rings (SSSR count). The van der Waals surface area contributed by atoms with Crippen molar-refractivity contribution in [3.63, 3.8) is 0 Å². The van der Waals surface area contributed by atoms with Gasteiger partial charge in [0.25, 0.3) is 0 Å². The number of piperidine rings is 1. The van der Waals surface area contributed by atoms with Crippen LogP contribution in [0.1, 0.15) is 25.7 Å². The third-order valence-corrected chi connectivity index (χ3v) is 3.26. The maximum absolute atomic E-state index is 10.6. The monoisotopic (exact) mass is 212 g/mol. The third-order valence-electron chi connectivity index (χ3n) is 3.26. The number of carbonyl (C=O) groups is 1. The van der Waals surface area contributed by atoms with Crippen molar-refractivity contribution in [3.8, 4) is 0 Å². The highest BCUT2D eigenvalue weighted by molar-refractivity contribution is 5.69. The normalized spacial score (nSPS) is 27.9. The molecule has 86 valence electrons. The van der Waals surface area contributed by atoms with Gasteiger partial charge in [0.15, 0.2) is 0 Å². The lowest BCUT2D eigenvalue weighted by molar-refractivity contribution is -0.138. The molecule has 0 aromatic carbocycles. The first-order valence-electron chi connectivity index (χ1n) is 5.91. The first-order valence-corrected chi connectivity index (χ1v) is 5.91. The Kier molecular flexibility index (Phi) is 3.59. The van der Waals surface area contributed by atoms with Crippen LogP contribution in [0.3, 0.4) is 0 Å². The number of nitrogens with one attached hydrogen (secondary N) is 1. The zero-order valence-electron chi connectivity index (χ0n) is 9.11. The zero-order chi connectivity index (χ0) is 10.7. The molecule has 4 nitrogen and oxygen atoms in total. The number of likely N-dealkylation sites (tertiary alicyclic amines) is 1. The van der Waals surface area contributed by atoms with Gasteiger partial charge in [-0.25, -0.2) is 0 Å². The van der Waals surface area contributed by atoms with Gasteiger partial charge in [-0.2, -0.15) is 0 Å². The van der Waals surface area contributed by atoms with Crippen molar-refractivity contribution in [1.82, 2.24) is 10.2 Å². The van der Waals surface area contributed by atoms with Gasteiger partial charge in [0, 0.05) is 12.6 Å². The molecular formula is C11H20N2O2. The van der Waals surface area contributed by atoms with Crippen LogP contribution < -0.4 is 5.32 Å². The SMILES string of the molecule is O=C(O)CN1CCC[C@@H](NCC2CC2)C1. The molecule has 1 saturated heterocycles. The Balaban J connectivity index is 1.68. The molecule has 1 aliphatic carbocycles. The van der Waals surface area contributed by atoms with E-state index in [-0.39, 0.29) is 6.54 Å². The Morgan fingerprint density at radius 1 is 1.40 bits per heavy atom. The highest BCUT2D eigenvalue weighted by atomic mass is 16.4. The van der Waals surface area contributed by atoms with Crippen molar-refractivity contribution in [3.05, 3.63) is 0 Å². The quantitative estimate of drug-likeness (QED) is 0.698. The molecule has 4 heteroatoms. The van der Waals surface area contributed by atoms with E-state index in [1.807, 2.05) is 4.90 Å². The van der Waals surface area contributed by atoms with Gasteiger partial charge in [0.05, 0.1) is 6.54 Å². The molecule has 0 aromatic rings. The van der Waals surface area contributed by atoms with E-state index >= 15 is 0 Å². The van der Waals surface area contributed by atoms with Crippen molar-refractivity contribution in [2.75, 3.05) is 26.2 Å². The van der Waals surface area contributed by atoms with Crippen LogP contribution in [0.25, 0.3) is 0 Å². The fraction of sp³-hybridized carbons (Fsp3) is 0.909. The maximum atomic E-state index is 10.6. The number of carboxylic acid groups (broad SMARTS) is 1. The predicted molar refractivity (Wildman–Crippen MR) is 57.8 cm³/mol. The summed E-state index contributed by atoms with van der Waals surface area (Å²) < 4.78 is 0. The van der Waals surface area contributed by atoms with Crippen LogP contribution >= 0.6 is 0 Å². The summed E-state index contributed by atoms with van der Waals surface area (Å²) in [5.74, 6) is 0.192. The van der Waals surface area contributed by atoms with Gasteiger partial charge >= 0.3 is 5.97 Å². The Hall–Kier alpha value is -0.610. The molecular weight excluding hydrogens is 192 g/mol. The minimum Gasteiger partial charge on any atom is -0.480 e. The maximum Gasteiger partial charge on any atom is 0.317 e. The second-order valence-electron chi connectivity index (χ2n) is 4.82. The first kappa shape index (κ1) is 10.9. The smallest absolute Gasteiger partial charge is 0.317 e. The van der Waals surface area contributed by atoms with E-state index in [0.717, 1.165) is 32.0 Å². The minimum absolute atomic E-state index is 0.196. The number of hydrogen-bond donors (Lipinski definition) is 2. The Morgan fingerprint density at radius 2 is 2.20 bits per heavy atom. The van der Waals surface area contributed by atoms with Gasteiger partial charge in [0.1, 0.15) is 0 Å². The molecule has 2 aliphatic rings. The van der Waals surface area contributed by atoms with Gasteiger partial charge in [-0.3, -0.25) is 9.69 Å². The fourth-order valence-corrected chi connectivity index (χ4v) is 2.21. The van der Waals surface area contributed by atoms with E-state index < -0.39 is 5.97 Å². The topological polar surface area (TPSA) is 52.6 Å². The number of nitrogens with zero attached hydrogens (tertiary/aromatic N) is 1. The van der Waals surface area contributed by atoms with Gasteiger partial charge in [-0.05, 0) is 44.7 Å². The molecule has 0 spiro atoms. The third kappa shape index (κ3) is 3.80. The molecule has 0 unspecified atom stereocenters. The molecule has 2 fully saturated rings. The van der Waals surface area contributed by atoms with Crippen molar-refractivity contribution >= 4 is 5.97 Å². The van der Waals surface area contributed by atoms with Crippen LogP contribution in [0.4, 0.5) is 0 Å². The lowest BCUT2D eigenvalue weighted by Crippen LogP contribution is -2.47. The molecule has 0 amide bonds. The van der Waals surface area contributed by atoms with Crippen molar-refractivity contribution in [2.24, 2.45) is 5.92 Å². The molecule has 1 atom stereocenters. The van der Waals surface area contributed by atoms with Gasteiger partial charge in [-0.1, -0.05) is 0 Å². The second-order valence-corrected chi connectivity index (χ2v) is 4.82. The van der Waals surface area contributed by atoms with E-state index in [2.05, 4.69) is 5.32 Å². The largest absolute Gasteiger partial charge is 0.480 e. The lowest BCUT2D eigenvalue weighted by atomic mass is 10.1. The van der Waals surface area contributed by atoms with Crippen LogP contribution in [0, 0.1) is 5.92 Å². The minimum atomic E-state index is -0.710. The average Bonchev–Trinajstić information content (AvgIpc) is 2.97. The molecule has 0 aromatic heterocycles. The zero-order valence-corrected chi connectivity index (χ0v) is 9.11. The Morgan fingerprint density at radius 3 is 2.87 bits per heavy atom. The van der Waals surface area contributed by atoms with Gasteiger partial charge < -0.3 is 10.4 Å². The van der Waals surface area contributed by atoms with Gasteiger partial charge in [0.2, 0.25) is 0 Å². The van der Waals surface area contributed by atoms with E-state index in [0.29, 0.717) is 6.04 Å². The first-order chi connectivity index (χ1) is 7.24. The van der Waals surface area contributed by atoms with Crippen molar-refractivity contribution < 1.29 is 9.90 Å². The van der Waals surface area contributed by atoms with Crippen LogP contribution in [0.5, 0.6) is 0 Å². The summed E-state index contributed by atoms with van der Waals surface area (Å²) >= 11 is 0. The molecule has 0 radical (unpaired) electrons. The van der Waals surface area contributed by atoms with Gasteiger partial charge in [-0.15, -0.1) is 0 Å². The summed E-state index contributed by atoms with van der Waals surface area (Å²) in [5, 5.41) is 12.3. The van der Waals surface area contributed by atoms with Crippen LogP contribution in [-0.2, 0) is 4.79 Å². The molecule has 1 saturated carbocycles. The summed E-state index contributed by atoms with van der Waals surface area (Å²) in [6.07, 6.45) is 5.07. The molecule has 15 heavy (non-hydrogen) atoms. The number of hydrogen-bond acceptors (Lipinski definition) is 3. The van der Waals surface area contributed by atoms with Crippen LogP contribution in [0.2, 0.25) is 0 Å². The summed E-state index contributed by atoms with van der Waals surface area (Å²) in [4.78, 5) is 12.6. The summed E-state index contributed by atoms with van der Waals surface area (Å²) in [6.45, 7) is 3.17. The highest BCUT2D eigenvalue weighted by Crippen LogP contribution is 2.28. The molecule has 1 aliphatic heterocycles. The highest BCUT2D eigenvalue weighted by Gasteiger charge is 2.25. The van der Waals surface area contributed by atoms with Crippen molar-refractivity contribution in [2.45, 2.75) is 31.7 Å². The second kappa shape index (κ2) is 4.94. The Labute approximate surface area is 90.6 Å². The van der Waals surface area contributed by atoms with Crippen molar-refractivity contribution in [1.29, 1.82) is 0 Å². The number of rotatable bonds is 5. The van der Waals surface area contributed by atoms with E-state index in [9.17, 15) is 4.79 Å². The van der Waals surface area contributed by atoms with E-state index in [1.165, 1.54) is 19.3 Å². The Bertz CT molecular complexity index is 229. The number of aliphatic carboxylic acids is 1. The standard InChI is InChI=1S/C11H20N2O2/c14-11(15)8-13-5-1-2-10(7-13)12-6-9-3-4-9/h9-10,12H,1-8H2,(H,14,15)/t10-/m1/s1. The number of carboxylic acids is 1. The summed E-state index contributed by atoms with van der Waals surface area (Å²) in [5.41, 5.74) is 0. The lowest BCUT2D eigenvalue weighted by Gasteiger charge is -2.32. The summed E-state index contributed by atoms with van der Waals surface area (Å²) in [7, 11) is 0. The van der Waals surface area contributed by atoms with Crippen LogP contribution in [-0.4, -0.2) is 48.2 Å². The molecule has 1 heterocycles. The average molecular weight is 212 g/mol. The fourth-order valence-electron chi connectivity index (χ4n) is 2.21. The van der Waals surface area contributed by atoms with E-state index in [1.54, 1.807) is 0 Å².